The van der Waals surface area contributed by atoms with Gasteiger partial charge >= 0.3 is 0 Å². The summed E-state index contributed by atoms with van der Waals surface area (Å²) < 4.78 is 26.8. The highest BCUT2D eigenvalue weighted by molar-refractivity contribution is 7.92. The smallest absolute Gasteiger partial charge is 0.244 e. The number of hydrogen-bond donors (Lipinski definition) is 1. The van der Waals surface area contributed by atoms with Gasteiger partial charge in [-0.05, 0) is 44.0 Å². The van der Waals surface area contributed by atoms with Crippen LogP contribution in [0, 0.1) is 11.3 Å². The Morgan fingerprint density at radius 3 is 2.55 bits per heavy atom. The number of piperazine rings is 1. The number of carbonyl (C=O) groups is 2. The highest BCUT2D eigenvalue weighted by atomic mass is 35.5. The minimum Gasteiger partial charge on any atom is -0.369 e. The van der Waals surface area contributed by atoms with E-state index < -0.39 is 32.6 Å². The minimum absolute atomic E-state index is 0.00714. The van der Waals surface area contributed by atoms with E-state index in [2.05, 4.69) is 28.1 Å². The van der Waals surface area contributed by atoms with E-state index in [9.17, 15) is 23.3 Å². The Balaban J connectivity index is 1.49. The zero-order valence-corrected chi connectivity index (χ0v) is 20.1. The molecule has 0 spiro atoms. The lowest BCUT2D eigenvalue weighted by atomic mass is 10.2. The normalized spacial score (nSPS) is 24.9. The van der Waals surface area contributed by atoms with E-state index in [0.29, 0.717) is 19.3 Å². The monoisotopic (exact) mass is 493 g/mol. The van der Waals surface area contributed by atoms with Crippen LogP contribution in [0.15, 0.2) is 23.1 Å². The number of sulfone groups is 1. The molecule has 2 amide bonds. The van der Waals surface area contributed by atoms with Crippen LogP contribution in [0.2, 0.25) is 5.02 Å². The number of carbonyl (C=O) groups excluding carboxylic acids is 2. The first-order valence-electron chi connectivity index (χ1n) is 11.2. The molecular weight excluding hydrogens is 466 g/mol. The number of halogens is 1. The van der Waals surface area contributed by atoms with Gasteiger partial charge < -0.3 is 20.0 Å². The molecule has 1 aromatic carbocycles. The van der Waals surface area contributed by atoms with Crippen LogP contribution < -0.4 is 10.2 Å². The predicted octanol–water partition coefficient (Wildman–Crippen LogP) is 1.03. The fraction of sp³-hybridized carbons (Fsp3) is 0.591. The highest BCUT2D eigenvalue weighted by Crippen LogP contribution is 2.36. The topological polar surface area (TPSA) is 114 Å². The first kappa shape index (κ1) is 23.8. The maximum absolute atomic E-state index is 13.4. The van der Waals surface area contributed by atoms with Gasteiger partial charge in [-0.3, -0.25) is 9.59 Å². The van der Waals surface area contributed by atoms with Gasteiger partial charge in [-0.15, -0.1) is 0 Å². The number of nitrogens with one attached hydrogen (secondary N) is 1. The lowest BCUT2D eigenvalue weighted by Gasteiger charge is -2.35. The molecule has 3 aliphatic rings. The van der Waals surface area contributed by atoms with E-state index in [1.165, 1.54) is 11.0 Å². The van der Waals surface area contributed by atoms with Crippen LogP contribution >= 0.6 is 11.6 Å². The molecule has 2 heterocycles. The number of likely N-dealkylation sites (tertiary alicyclic amines) is 1. The maximum Gasteiger partial charge on any atom is 0.244 e. The average molecular weight is 494 g/mol. The lowest BCUT2D eigenvalue weighted by molar-refractivity contribution is -0.131. The zero-order valence-electron chi connectivity index (χ0n) is 18.5. The van der Waals surface area contributed by atoms with Crippen molar-refractivity contribution >= 4 is 39.4 Å². The molecule has 9 nitrogen and oxygen atoms in total. The second-order valence-corrected chi connectivity index (χ2v) is 11.5. The largest absolute Gasteiger partial charge is 0.369 e. The van der Waals surface area contributed by atoms with Crippen molar-refractivity contribution < 1.29 is 18.0 Å². The van der Waals surface area contributed by atoms with Gasteiger partial charge in [0.05, 0.1) is 21.2 Å². The SMILES string of the molecule is CCN1CCN(c2ccc(S(=O)(=O)[C@@H]3C[C@@H](C(=O)NC4(C#N)CC4)N(C=O)C3)c(Cl)c2)CC1. The van der Waals surface area contributed by atoms with Crippen LogP contribution in [0.25, 0.3) is 0 Å². The summed E-state index contributed by atoms with van der Waals surface area (Å²) in [4.78, 5) is 30.0. The van der Waals surface area contributed by atoms with Crippen LogP contribution in [0.3, 0.4) is 0 Å². The first-order chi connectivity index (χ1) is 15.7. The third-order valence-electron chi connectivity index (χ3n) is 6.91. The lowest BCUT2D eigenvalue weighted by Crippen LogP contribution is -2.47. The Labute approximate surface area is 199 Å². The van der Waals surface area contributed by atoms with Gasteiger partial charge in [0.2, 0.25) is 12.3 Å². The van der Waals surface area contributed by atoms with Gasteiger partial charge in [-0.25, -0.2) is 8.42 Å². The van der Waals surface area contributed by atoms with Gasteiger partial charge in [0.25, 0.3) is 0 Å². The van der Waals surface area contributed by atoms with E-state index in [1.807, 2.05) is 0 Å². The Bertz CT molecular complexity index is 1080. The van der Waals surface area contributed by atoms with Crippen molar-refractivity contribution in [2.75, 3.05) is 44.2 Å². The molecule has 1 aliphatic carbocycles. The standard InChI is InChI=1S/C22H28ClN5O4S/c1-2-26-7-9-27(10-8-26)16-3-4-20(18(23)11-16)33(31,32)17-12-19(28(13-17)15-29)21(30)25-22(14-24)5-6-22/h3-4,11,15,17,19H,2,5-10,12-13H2,1H3,(H,25,30)/t17-,19+/m1/s1. The van der Waals surface area contributed by atoms with E-state index >= 15 is 0 Å². The molecule has 0 bridgehead atoms. The van der Waals surface area contributed by atoms with Crippen molar-refractivity contribution in [1.82, 2.24) is 15.1 Å². The molecular formula is C22H28ClN5O4S. The summed E-state index contributed by atoms with van der Waals surface area (Å²) in [5.74, 6) is -0.494. The summed E-state index contributed by atoms with van der Waals surface area (Å²) in [6.45, 7) is 6.59. The van der Waals surface area contributed by atoms with Gasteiger partial charge in [0.15, 0.2) is 9.84 Å². The molecule has 33 heavy (non-hydrogen) atoms. The summed E-state index contributed by atoms with van der Waals surface area (Å²) in [6, 6.07) is 6.10. The number of rotatable bonds is 7. The van der Waals surface area contributed by atoms with Gasteiger partial charge in [0, 0.05) is 38.4 Å². The second-order valence-electron chi connectivity index (χ2n) is 8.94. The number of anilines is 1. The third kappa shape index (κ3) is 4.67. The van der Waals surface area contributed by atoms with Gasteiger partial charge in [0.1, 0.15) is 11.6 Å². The summed E-state index contributed by atoms with van der Waals surface area (Å²) in [7, 11) is -3.88. The molecule has 2 saturated heterocycles. The zero-order chi connectivity index (χ0) is 23.8. The number of amides is 2. The number of hydrogen-bond acceptors (Lipinski definition) is 7. The molecule has 0 aromatic heterocycles. The molecule has 3 fully saturated rings. The van der Waals surface area contributed by atoms with Crippen LogP contribution in [-0.2, 0) is 19.4 Å². The summed E-state index contributed by atoms with van der Waals surface area (Å²) in [5.41, 5.74) is -0.0104. The molecule has 2 aliphatic heterocycles. The molecule has 1 N–H and O–H groups in total. The molecule has 0 unspecified atom stereocenters. The van der Waals surface area contributed by atoms with Crippen molar-refractivity contribution in [3.8, 4) is 6.07 Å². The minimum atomic E-state index is -3.88. The fourth-order valence-corrected chi connectivity index (χ4v) is 6.80. The van der Waals surface area contributed by atoms with E-state index in [4.69, 9.17) is 11.6 Å². The molecule has 1 aromatic rings. The van der Waals surface area contributed by atoms with Crippen LogP contribution in [0.1, 0.15) is 26.2 Å². The molecule has 11 heteroatoms. The van der Waals surface area contributed by atoms with E-state index in [1.54, 1.807) is 12.1 Å². The summed E-state index contributed by atoms with van der Waals surface area (Å²) in [5, 5.41) is 11.1. The number of nitrogens with zero attached hydrogens (tertiary/aromatic N) is 4. The molecule has 0 radical (unpaired) electrons. The maximum atomic E-state index is 13.4. The van der Waals surface area contributed by atoms with E-state index in [-0.39, 0.29) is 22.9 Å². The number of nitriles is 1. The van der Waals surface area contributed by atoms with Crippen molar-refractivity contribution in [3.63, 3.8) is 0 Å². The Morgan fingerprint density at radius 2 is 2.00 bits per heavy atom. The molecule has 2 atom stereocenters. The molecule has 1 saturated carbocycles. The van der Waals surface area contributed by atoms with E-state index in [0.717, 1.165) is 38.4 Å². The predicted molar refractivity (Wildman–Crippen MR) is 124 cm³/mol. The van der Waals surface area contributed by atoms with Crippen LogP contribution in [0.4, 0.5) is 5.69 Å². The summed E-state index contributed by atoms with van der Waals surface area (Å²) >= 11 is 6.44. The summed E-state index contributed by atoms with van der Waals surface area (Å²) in [6.07, 6.45) is 1.57. The third-order valence-corrected chi connectivity index (χ3v) is 9.52. The van der Waals surface area contributed by atoms with Crippen molar-refractivity contribution in [2.45, 2.75) is 47.9 Å². The van der Waals surface area contributed by atoms with Crippen molar-refractivity contribution in [2.24, 2.45) is 0 Å². The van der Waals surface area contributed by atoms with Gasteiger partial charge in [-0.1, -0.05) is 18.5 Å². The van der Waals surface area contributed by atoms with Crippen molar-refractivity contribution in [3.05, 3.63) is 23.2 Å². The Hall–Kier alpha value is -2.35. The second kappa shape index (κ2) is 9.12. The average Bonchev–Trinajstić information content (AvgIpc) is 3.44. The first-order valence-corrected chi connectivity index (χ1v) is 13.1. The number of benzene rings is 1. The highest BCUT2D eigenvalue weighted by Gasteiger charge is 2.49. The quantitative estimate of drug-likeness (QED) is 0.564. The van der Waals surface area contributed by atoms with Crippen LogP contribution in [-0.4, -0.2) is 86.6 Å². The Kier molecular flexibility index (Phi) is 6.58. The number of likely N-dealkylation sites (N-methyl/N-ethyl adjacent to an activating group) is 1. The molecule has 4 rings (SSSR count). The van der Waals surface area contributed by atoms with Crippen molar-refractivity contribution in [1.29, 1.82) is 5.26 Å². The van der Waals surface area contributed by atoms with Gasteiger partial charge in [-0.2, -0.15) is 5.26 Å². The molecule has 178 valence electrons. The Morgan fingerprint density at radius 1 is 1.30 bits per heavy atom. The fourth-order valence-electron chi connectivity index (χ4n) is 4.55. The van der Waals surface area contributed by atoms with Crippen LogP contribution in [0.5, 0.6) is 0 Å².